The molecular weight excluding hydrogens is 180 g/mol. The third-order valence-electron chi connectivity index (χ3n) is 3.10. The molecule has 0 aromatic heterocycles. The molecule has 0 aliphatic carbocycles. The summed E-state index contributed by atoms with van der Waals surface area (Å²) in [6.45, 7) is 6.92. The minimum atomic E-state index is 0.768. The Morgan fingerprint density at radius 1 is 1.00 bits per heavy atom. The van der Waals surface area contributed by atoms with Crippen molar-refractivity contribution in [1.82, 2.24) is 0 Å². The largest absolute Gasteiger partial charge is 0.0648 e. The lowest BCUT2D eigenvalue weighted by Gasteiger charge is -2.15. The Morgan fingerprint density at radius 2 is 1.67 bits per heavy atom. The first-order valence-corrected chi connectivity index (χ1v) is 6.29. The second-order valence-corrected chi connectivity index (χ2v) is 4.84. The van der Waals surface area contributed by atoms with Gasteiger partial charge in [-0.2, -0.15) is 0 Å². The van der Waals surface area contributed by atoms with Crippen molar-refractivity contribution in [3.05, 3.63) is 35.9 Å². The molecule has 15 heavy (non-hydrogen) atoms. The van der Waals surface area contributed by atoms with Gasteiger partial charge in [-0.05, 0) is 30.2 Å². The third-order valence-corrected chi connectivity index (χ3v) is 3.10. The maximum atomic E-state index is 2.31. The average Bonchev–Trinajstić information content (AvgIpc) is 2.25. The van der Waals surface area contributed by atoms with Crippen LogP contribution in [-0.4, -0.2) is 0 Å². The second kappa shape index (κ2) is 6.66. The fourth-order valence-electron chi connectivity index (χ4n) is 2.10. The van der Waals surface area contributed by atoms with Crippen molar-refractivity contribution >= 4 is 0 Å². The highest BCUT2D eigenvalue weighted by Gasteiger charge is 2.08. The molecule has 0 aliphatic rings. The molecule has 1 rings (SSSR count). The van der Waals surface area contributed by atoms with Gasteiger partial charge in [-0.15, -0.1) is 0 Å². The van der Waals surface area contributed by atoms with E-state index in [1.807, 2.05) is 0 Å². The highest BCUT2D eigenvalue weighted by atomic mass is 14.1. The van der Waals surface area contributed by atoms with E-state index in [4.69, 9.17) is 0 Å². The zero-order chi connectivity index (χ0) is 11.1. The van der Waals surface area contributed by atoms with E-state index >= 15 is 0 Å². The maximum absolute atomic E-state index is 2.31. The monoisotopic (exact) mass is 204 g/mol. The summed E-state index contributed by atoms with van der Waals surface area (Å²) < 4.78 is 0. The van der Waals surface area contributed by atoms with Gasteiger partial charge in [0.15, 0.2) is 0 Å². The smallest absolute Gasteiger partial charge is 0.0165 e. The molecule has 0 radical (unpaired) electrons. The van der Waals surface area contributed by atoms with Crippen LogP contribution in [0.15, 0.2) is 30.3 Å². The van der Waals surface area contributed by atoms with Crippen LogP contribution in [0.5, 0.6) is 0 Å². The van der Waals surface area contributed by atoms with Gasteiger partial charge in [0, 0.05) is 0 Å². The van der Waals surface area contributed by atoms with E-state index in [9.17, 15) is 0 Å². The van der Waals surface area contributed by atoms with E-state index in [1.54, 1.807) is 0 Å². The van der Waals surface area contributed by atoms with Crippen molar-refractivity contribution in [3.63, 3.8) is 0 Å². The summed E-state index contributed by atoms with van der Waals surface area (Å²) in [5, 5.41) is 0. The summed E-state index contributed by atoms with van der Waals surface area (Å²) in [6, 6.07) is 10.9. The van der Waals surface area contributed by atoms with Crippen LogP contribution in [0.4, 0.5) is 0 Å². The molecule has 0 heteroatoms. The minimum Gasteiger partial charge on any atom is -0.0648 e. The second-order valence-electron chi connectivity index (χ2n) is 4.84. The third kappa shape index (κ3) is 4.51. The Kier molecular flexibility index (Phi) is 5.45. The minimum absolute atomic E-state index is 0.768. The molecule has 1 atom stereocenters. The Labute approximate surface area is 94.7 Å². The molecule has 1 unspecified atom stereocenters. The number of rotatable bonds is 6. The number of benzene rings is 1. The van der Waals surface area contributed by atoms with E-state index in [0.717, 1.165) is 11.8 Å². The van der Waals surface area contributed by atoms with Gasteiger partial charge < -0.3 is 0 Å². The van der Waals surface area contributed by atoms with Crippen LogP contribution in [0.25, 0.3) is 0 Å². The highest BCUT2D eigenvalue weighted by Crippen LogP contribution is 2.25. The van der Waals surface area contributed by atoms with Crippen molar-refractivity contribution in [2.24, 2.45) is 5.92 Å². The van der Waals surface area contributed by atoms with E-state index in [0.29, 0.717) is 0 Å². The van der Waals surface area contributed by atoms with Gasteiger partial charge in [0.1, 0.15) is 0 Å². The zero-order valence-electron chi connectivity index (χ0n) is 10.4. The van der Waals surface area contributed by atoms with Gasteiger partial charge in [-0.25, -0.2) is 0 Å². The fraction of sp³-hybridized carbons (Fsp3) is 0.600. The first kappa shape index (κ1) is 12.3. The van der Waals surface area contributed by atoms with Crippen LogP contribution >= 0.6 is 0 Å². The van der Waals surface area contributed by atoms with Gasteiger partial charge >= 0.3 is 0 Å². The summed E-state index contributed by atoms with van der Waals surface area (Å²) in [5.74, 6) is 1.61. The van der Waals surface area contributed by atoms with Crippen molar-refractivity contribution in [1.29, 1.82) is 0 Å². The lowest BCUT2D eigenvalue weighted by atomic mass is 9.90. The summed E-state index contributed by atoms with van der Waals surface area (Å²) in [7, 11) is 0. The Bertz CT molecular complexity index is 248. The summed E-state index contributed by atoms with van der Waals surface area (Å²) in [5.41, 5.74) is 1.52. The molecule has 0 saturated carbocycles. The van der Waals surface area contributed by atoms with Crippen LogP contribution < -0.4 is 0 Å². The first-order chi connectivity index (χ1) is 7.24. The van der Waals surface area contributed by atoms with E-state index < -0.39 is 0 Å². The van der Waals surface area contributed by atoms with Crippen LogP contribution in [0.1, 0.15) is 57.9 Å². The van der Waals surface area contributed by atoms with E-state index in [1.165, 1.54) is 31.2 Å². The van der Waals surface area contributed by atoms with E-state index in [-0.39, 0.29) is 0 Å². The van der Waals surface area contributed by atoms with Crippen LogP contribution in [0.3, 0.4) is 0 Å². The predicted molar refractivity (Wildman–Crippen MR) is 68.2 cm³/mol. The lowest BCUT2D eigenvalue weighted by Crippen LogP contribution is -1.98. The van der Waals surface area contributed by atoms with Gasteiger partial charge in [0.05, 0.1) is 0 Å². The molecule has 84 valence electrons. The van der Waals surface area contributed by atoms with Crippen molar-refractivity contribution in [2.75, 3.05) is 0 Å². The molecular formula is C15H24. The van der Waals surface area contributed by atoms with Crippen LogP contribution in [0.2, 0.25) is 0 Å². The van der Waals surface area contributed by atoms with Gasteiger partial charge in [0.2, 0.25) is 0 Å². The highest BCUT2D eigenvalue weighted by molar-refractivity contribution is 5.19. The van der Waals surface area contributed by atoms with Crippen LogP contribution in [0, 0.1) is 5.92 Å². The molecule has 0 fully saturated rings. The normalized spacial score (nSPS) is 13.1. The average molecular weight is 204 g/mol. The van der Waals surface area contributed by atoms with Gasteiger partial charge in [0.25, 0.3) is 0 Å². The van der Waals surface area contributed by atoms with E-state index in [2.05, 4.69) is 51.1 Å². The zero-order valence-corrected chi connectivity index (χ0v) is 10.4. The molecule has 0 spiro atoms. The Morgan fingerprint density at radius 3 is 2.20 bits per heavy atom. The Balaban J connectivity index is 2.43. The molecule has 0 saturated heterocycles. The first-order valence-electron chi connectivity index (χ1n) is 6.29. The Hall–Kier alpha value is -0.780. The lowest BCUT2D eigenvalue weighted by molar-refractivity contribution is 0.493. The number of hydrogen-bond donors (Lipinski definition) is 0. The molecule has 0 heterocycles. The van der Waals surface area contributed by atoms with Crippen LogP contribution in [-0.2, 0) is 0 Å². The summed E-state index contributed by atoms with van der Waals surface area (Å²) in [4.78, 5) is 0. The summed E-state index contributed by atoms with van der Waals surface area (Å²) in [6.07, 6.45) is 5.34. The molecule has 0 amide bonds. The van der Waals surface area contributed by atoms with Crippen molar-refractivity contribution in [3.8, 4) is 0 Å². The topological polar surface area (TPSA) is 0 Å². The molecule has 1 aromatic carbocycles. The van der Waals surface area contributed by atoms with Crippen molar-refractivity contribution < 1.29 is 0 Å². The number of hydrogen-bond acceptors (Lipinski definition) is 0. The predicted octanol–water partition coefficient (Wildman–Crippen LogP) is 5.01. The molecule has 0 bridgehead atoms. The van der Waals surface area contributed by atoms with Gasteiger partial charge in [-0.3, -0.25) is 0 Å². The van der Waals surface area contributed by atoms with Gasteiger partial charge in [-0.1, -0.05) is 63.9 Å². The molecule has 0 aliphatic heterocycles. The SMILES string of the molecule is CCC(CCCC(C)C)c1ccccc1. The summed E-state index contributed by atoms with van der Waals surface area (Å²) >= 11 is 0. The molecule has 0 nitrogen and oxygen atoms in total. The molecule has 0 N–H and O–H groups in total. The quantitative estimate of drug-likeness (QED) is 0.611. The maximum Gasteiger partial charge on any atom is -0.0165 e. The van der Waals surface area contributed by atoms with Crippen molar-refractivity contribution in [2.45, 2.75) is 52.4 Å². The molecule has 1 aromatic rings. The fourth-order valence-corrected chi connectivity index (χ4v) is 2.10. The standard InChI is InChI=1S/C15H24/c1-4-14(12-8-9-13(2)3)15-10-6-5-7-11-15/h5-7,10-11,13-14H,4,8-9,12H2,1-3H3.